The zero-order valence-corrected chi connectivity index (χ0v) is 18.7. The summed E-state index contributed by atoms with van der Waals surface area (Å²) in [7, 11) is 0. The van der Waals surface area contributed by atoms with Gasteiger partial charge in [0, 0.05) is 28.9 Å². The van der Waals surface area contributed by atoms with Gasteiger partial charge in [-0.2, -0.15) is 0 Å². The number of aromatic nitrogens is 1. The van der Waals surface area contributed by atoms with Gasteiger partial charge in [0.1, 0.15) is 10.6 Å². The number of ether oxygens (including phenoxy) is 1. The molecule has 0 bridgehead atoms. The Balaban J connectivity index is 1.81. The van der Waals surface area contributed by atoms with E-state index in [1.165, 1.54) is 45.6 Å². The minimum atomic E-state index is -0.634. The maximum absolute atomic E-state index is 13.3. The molecule has 2 aromatic heterocycles. The summed E-state index contributed by atoms with van der Waals surface area (Å²) in [6, 6.07) is 9.08. The first-order valence-corrected chi connectivity index (χ1v) is 11.3. The van der Waals surface area contributed by atoms with Crippen molar-refractivity contribution >= 4 is 46.2 Å². The number of nitro benzene ring substituents is 1. The number of anilines is 1. The van der Waals surface area contributed by atoms with Gasteiger partial charge in [0.15, 0.2) is 4.80 Å². The van der Waals surface area contributed by atoms with E-state index in [1.807, 2.05) is 17.5 Å². The number of rotatable bonds is 6. The predicted octanol–water partition coefficient (Wildman–Crippen LogP) is 2.79. The van der Waals surface area contributed by atoms with Crippen LogP contribution in [0.2, 0.25) is 0 Å². The van der Waals surface area contributed by atoms with Gasteiger partial charge in [-0.15, -0.1) is 11.3 Å². The lowest BCUT2D eigenvalue weighted by Crippen LogP contribution is -2.39. The summed E-state index contributed by atoms with van der Waals surface area (Å²) in [5.74, 6) is -0.504. The standard InChI is InChI=1S/C21H18N4O5S2/c1-3-30-20(27)17-12(2)23-21-24(18(17)15-8-5-9-31-15)19(26)16(32-21)11-22-13-6-4-7-14(10-13)25(28)29/h4-11,18,22H,3H2,1-2H3/b16-11-/t18-/m1/s1. The van der Waals surface area contributed by atoms with Crippen LogP contribution in [0.15, 0.2) is 62.8 Å². The van der Waals surface area contributed by atoms with E-state index in [0.717, 1.165) is 4.88 Å². The number of hydrogen-bond donors (Lipinski definition) is 1. The second kappa shape index (κ2) is 8.89. The summed E-state index contributed by atoms with van der Waals surface area (Å²) in [4.78, 5) is 42.3. The molecule has 9 nitrogen and oxygen atoms in total. The molecule has 11 heteroatoms. The fourth-order valence-corrected chi connectivity index (χ4v) is 5.16. The molecule has 0 radical (unpaired) electrons. The van der Waals surface area contributed by atoms with Crippen molar-refractivity contribution in [1.82, 2.24) is 4.57 Å². The van der Waals surface area contributed by atoms with Gasteiger partial charge < -0.3 is 10.1 Å². The predicted molar refractivity (Wildman–Crippen MR) is 122 cm³/mol. The van der Waals surface area contributed by atoms with E-state index in [9.17, 15) is 19.7 Å². The van der Waals surface area contributed by atoms with Gasteiger partial charge in [-0.05, 0) is 31.4 Å². The molecule has 1 atom stereocenters. The van der Waals surface area contributed by atoms with Crippen molar-refractivity contribution in [1.29, 1.82) is 0 Å². The van der Waals surface area contributed by atoms with Crippen molar-refractivity contribution in [2.24, 2.45) is 4.99 Å². The normalized spacial score (nSPS) is 15.8. The number of carbonyl (C=O) groups is 1. The zero-order valence-electron chi connectivity index (χ0n) is 17.1. The second-order valence-electron chi connectivity index (χ2n) is 6.77. The molecule has 0 saturated heterocycles. The Labute approximate surface area is 189 Å². The number of nitro groups is 1. The van der Waals surface area contributed by atoms with Crippen LogP contribution >= 0.6 is 22.7 Å². The molecule has 1 aliphatic rings. The molecule has 0 amide bonds. The first kappa shape index (κ1) is 21.7. The highest BCUT2D eigenvalue weighted by Gasteiger charge is 2.33. The van der Waals surface area contributed by atoms with E-state index in [-0.39, 0.29) is 17.9 Å². The first-order valence-electron chi connectivity index (χ1n) is 9.63. The number of esters is 1. The number of hydrogen-bond acceptors (Lipinski definition) is 9. The van der Waals surface area contributed by atoms with E-state index >= 15 is 0 Å². The van der Waals surface area contributed by atoms with Crippen molar-refractivity contribution in [3.8, 4) is 0 Å². The SMILES string of the molecule is CCOC(=O)C1=C(C)N=c2s/c(=C\Nc3cccc([N+](=O)[O-])c3)c(=O)n2[C@@H]1c1cccs1. The molecule has 1 aromatic carbocycles. The molecule has 4 rings (SSSR count). The smallest absolute Gasteiger partial charge is 0.338 e. The summed E-state index contributed by atoms with van der Waals surface area (Å²) in [6.07, 6.45) is 1.50. The van der Waals surface area contributed by atoms with Crippen LogP contribution in [0.4, 0.5) is 11.4 Å². The number of thiophene rings is 1. The topological polar surface area (TPSA) is 116 Å². The van der Waals surface area contributed by atoms with Crippen LogP contribution in [0.3, 0.4) is 0 Å². The van der Waals surface area contributed by atoms with Crippen LogP contribution in [0, 0.1) is 10.1 Å². The molecule has 0 saturated carbocycles. The monoisotopic (exact) mass is 470 g/mol. The quantitative estimate of drug-likeness (QED) is 0.336. The number of non-ortho nitro benzene ring substituents is 1. The van der Waals surface area contributed by atoms with Crippen molar-refractivity contribution < 1.29 is 14.5 Å². The molecule has 1 N–H and O–H groups in total. The van der Waals surface area contributed by atoms with Crippen LogP contribution in [0.1, 0.15) is 24.8 Å². The number of carbonyl (C=O) groups excluding carboxylic acids is 1. The molecule has 0 spiro atoms. The summed E-state index contributed by atoms with van der Waals surface area (Å²) in [5.41, 5.74) is 0.932. The lowest BCUT2D eigenvalue weighted by Gasteiger charge is -2.23. The molecule has 0 aliphatic carbocycles. The minimum absolute atomic E-state index is 0.0581. The Kier molecular flexibility index (Phi) is 6.01. The minimum Gasteiger partial charge on any atom is -0.463 e. The molecule has 164 valence electrons. The maximum atomic E-state index is 13.3. The third kappa shape index (κ3) is 3.99. The highest BCUT2D eigenvalue weighted by Crippen LogP contribution is 2.33. The fourth-order valence-electron chi connectivity index (χ4n) is 3.37. The number of nitrogens with zero attached hydrogens (tertiary/aromatic N) is 3. The zero-order chi connectivity index (χ0) is 22.8. The summed E-state index contributed by atoms with van der Waals surface area (Å²) in [5, 5.41) is 15.8. The van der Waals surface area contributed by atoms with Crippen LogP contribution in [-0.2, 0) is 9.53 Å². The highest BCUT2D eigenvalue weighted by molar-refractivity contribution is 7.10. The third-order valence-corrected chi connectivity index (χ3v) is 6.66. The number of fused-ring (bicyclic) bond motifs is 1. The van der Waals surface area contributed by atoms with Gasteiger partial charge in [-0.3, -0.25) is 19.5 Å². The summed E-state index contributed by atoms with van der Waals surface area (Å²) < 4.78 is 7.09. The molecule has 3 aromatic rings. The molecule has 1 aliphatic heterocycles. The van der Waals surface area contributed by atoms with Gasteiger partial charge in [0.2, 0.25) is 0 Å². The lowest BCUT2D eigenvalue weighted by atomic mass is 10.0. The average molecular weight is 471 g/mol. The highest BCUT2D eigenvalue weighted by atomic mass is 32.1. The number of nitrogens with one attached hydrogen (secondary N) is 1. The number of benzene rings is 1. The van der Waals surface area contributed by atoms with Crippen LogP contribution in [-0.4, -0.2) is 22.1 Å². The summed E-state index contributed by atoms with van der Waals surface area (Å²) >= 11 is 2.61. The molecule has 0 unspecified atom stereocenters. The second-order valence-corrected chi connectivity index (χ2v) is 8.76. The van der Waals surface area contributed by atoms with E-state index < -0.39 is 16.9 Å². The van der Waals surface area contributed by atoms with Gasteiger partial charge in [0.05, 0.1) is 22.8 Å². The van der Waals surface area contributed by atoms with Gasteiger partial charge in [0.25, 0.3) is 11.2 Å². The largest absolute Gasteiger partial charge is 0.463 e. The van der Waals surface area contributed by atoms with Crippen LogP contribution in [0.5, 0.6) is 0 Å². The van der Waals surface area contributed by atoms with Gasteiger partial charge in [-0.25, -0.2) is 9.79 Å². The molecular weight excluding hydrogens is 452 g/mol. The maximum Gasteiger partial charge on any atom is 0.338 e. The van der Waals surface area contributed by atoms with Crippen LogP contribution < -0.4 is 20.2 Å². The molecule has 32 heavy (non-hydrogen) atoms. The van der Waals surface area contributed by atoms with Crippen molar-refractivity contribution in [3.05, 3.63) is 87.7 Å². The van der Waals surface area contributed by atoms with E-state index in [2.05, 4.69) is 10.3 Å². The van der Waals surface area contributed by atoms with Gasteiger partial charge in [-0.1, -0.05) is 23.5 Å². The fraction of sp³-hybridized carbons (Fsp3) is 0.190. The molecular formula is C21H18N4O5S2. The Morgan fingerprint density at radius 1 is 1.38 bits per heavy atom. The Hall–Kier alpha value is -3.57. The number of thiazole rings is 1. The Morgan fingerprint density at radius 3 is 2.88 bits per heavy atom. The van der Waals surface area contributed by atoms with Crippen LogP contribution in [0.25, 0.3) is 6.20 Å². The number of allylic oxidation sites excluding steroid dienone is 1. The third-order valence-electron chi connectivity index (χ3n) is 4.76. The van der Waals surface area contributed by atoms with Crippen molar-refractivity contribution in [3.63, 3.8) is 0 Å². The molecule has 3 heterocycles. The Bertz CT molecular complexity index is 1400. The van der Waals surface area contributed by atoms with Crippen molar-refractivity contribution in [2.45, 2.75) is 19.9 Å². The van der Waals surface area contributed by atoms with E-state index in [1.54, 1.807) is 26.0 Å². The Morgan fingerprint density at radius 2 is 2.19 bits per heavy atom. The van der Waals surface area contributed by atoms with Gasteiger partial charge >= 0.3 is 5.97 Å². The van der Waals surface area contributed by atoms with E-state index in [0.29, 0.717) is 26.3 Å². The van der Waals surface area contributed by atoms with Crippen molar-refractivity contribution in [2.75, 3.05) is 11.9 Å². The lowest BCUT2D eigenvalue weighted by molar-refractivity contribution is -0.384. The summed E-state index contributed by atoms with van der Waals surface area (Å²) in [6.45, 7) is 3.67. The molecule has 0 fully saturated rings. The van der Waals surface area contributed by atoms with E-state index in [4.69, 9.17) is 4.74 Å². The first-order chi connectivity index (χ1) is 15.4. The average Bonchev–Trinajstić information content (AvgIpc) is 3.40.